The second-order valence-electron chi connectivity index (χ2n) is 6.92. The lowest BCUT2D eigenvalue weighted by Crippen LogP contribution is -2.42. The number of nitrogens with zero attached hydrogens (tertiary/aromatic N) is 2. The first-order valence-electron chi connectivity index (χ1n) is 9.30. The number of alkyl halides is 3. The van der Waals surface area contributed by atoms with Gasteiger partial charge < -0.3 is 20.1 Å². The van der Waals surface area contributed by atoms with Crippen LogP contribution in [0, 0.1) is 6.92 Å². The van der Waals surface area contributed by atoms with Gasteiger partial charge in [0.05, 0.1) is 19.8 Å². The molecule has 0 bridgehead atoms. The zero-order valence-corrected chi connectivity index (χ0v) is 19.3. The zero-order chi connectivity index (χ0) is 20.6. The molecule has 1 saturated heterocycles. The Morgan fingerprint density at radius 3 is 2.72 bits per heavy atom. The van der Waals surface area contributed by atoms with Gasteiger partial charge in [-0.25, -0.2) is 0 Å². The van der Waals surface area contributed by atoms with Crippen LogP contribution in [0.2, 0.25) is 0 Å². The fraction of sp³-hybridized carbons (Fsp3) is 0.632. The molecule has 166 valence electrons. The predicted molar refractivity (Wildman–Crippen MR) is 118 cm³/mol. The van der Waals surface area contributed by atoms with Crippen LogP contribution in [-0.4, -0.2) is 70.1 Å². The minimum absolute atomic E-state index is 0. The molecule has 1 atom stereocenters. The number of hydrogen-bond acceptors (Lipinski definition) is 4. The van der Waals surface area contributed by atoms with Gasteiger partial charge >= 0.3 is 6.18 Å². The summed E-state index contributed by atoms with van der Waals surface area (Å²) < 4.78 is 48.5. The van der Waals surface area contributed by atoms with Crippen LogP contribution in [-0.2, 0) is 11.3 Å². The van der Waals surface area contributed by atoms with E-state index in [4.69, 9.17) is 9.47 Å². The fourth-order valence-corrected chi connectivity index (χ4v) is 2.85. The maximum atomic E-state index is 12.4. The molecule has 29 heavy (non-hydrogen) atoms. The molecule has 1 aromatic rings. The molecular weight excluding hydrogens is 500 g/mol. The second kappa shape index (κ2) is 12.4. The van der Waals surface area contributed by atoms with Gasteiger partial charge in [0.15, 0.2) is 5.96 Å². The van der Waals surface area contributed by atoms with Gasteiger partial charge in [0.25, 0.3) is 0 Å². The molecule has 0 aromatic heterocycles. The molecule has 6 nitrogen and oxygen atoms in total. The van der Waals surface area contributed by atoms with E-state index in [-0.39, 0.29) is 36.6 Å². The van der Waals surface area contributed by atoms with Gasteiger partial charge in [-0.2, -0.15) is 13.2 Å². The number of benzene rings is 1. The summed E-state index contributed by atoms with van der Waals surface area (Å²) in [6, 6.07) is 6.01. The Labute approximate surface area is 187 Å². The summed E-state index contributed by atoms with van der Waals surface area (Å²) in [6.45, 7) is 3.46. The third kappa shape index (κ3) is 9.85. The first kappa shape index (κ1) is 25.8. The van der Waals surface area contributed by atoms with Crippen molar-refractivity contribution < 1.29 is 22.6 Å². The third-order valence-electron chi connectivity index (χ3n) is 4.31. The number of likely N-dealkylation sites (N-methyl/N-ethyl adjacent to an activating group) is 1. The quantitative estimate of drug-likeness (QED) is 0.308. The van der Waals surface area contributed by atoms with E-state index in [2.05, 4.69) is 15.6 Å². The summed E-state index contributed by atoms with van der Waals surface area (Å²) in [4.78, 5) is 5.34. The molecule has 1 heterocycles. The number of hydrogen-bond donors (Lipinski definition) is 2. The van der Waals surface area contributed by atoms with E-state index in [1.54, 1.807) is 7.05 Å². The van der Waals surface area contributed by atoms with E-state index in [1.165, 1.54) is 11.9 Å². The molecule has 2 rings (SSSR count). The molecule has 0 spiro atoms. The van der Waals surface area contributed by atoms with Crippen LogP contribution < -0.4 is 15.4 Å². The topological polar surface area (TPSA) is 58.1 Å². The summed E-state index contributed by atoms with van der Waals surface area (Å²) in [5.41, 5.74) is 2.09. The van der Waals surface area contributed by atoms with Crippen LogP contribution in [0.1, 0.15) is 17.5 Å². The van der Waals surface area contributed by atoms with E-state index < -0.39 is 12.7 Å². The predicted octanol–water partition coefficient (Wildman–Crippen LogP) is 2.94. The van der Waals surface area contributed by atoms with Crippen molar-refractivity contribution in [3.8, 4) is 5.75 Å². The molecule has 1 unspecified atom stereocenters. The Balaban J connectivity index is 0.00000420. The van der Waals surface area contributed by atoms with Gasteiger partial charge in [0, 0.05) is 38.7 Å². The number of nitrogens with one attached hydrogen (secondary N) is 2. The van der Waals surface area contributed by atoms with Crippen molar-refractivity contribution in [3.05, 3.63) is 29.3 Å². The van der Waals surface area contributed by atoms with Gasteiger partial charge in [-0.15, -0.1) is 24.0 Å². The smallest absolute Gasteiger partial charge is 0.401 e. The Morgan fingerprint density at radius 2 is 2.10 bits per heavy atom. The van der Waals surface area contributed by atoms with Crippen LogP contribution in [0.3, 0.4) is 0 Å². The summed E-state index contributed by atoms with van der Waals surface area (Å²) in [7, 11) is 3.06. The first-order valence-corrected chi connectivity index (χ1v) is 9.30. The lowest BCUT2D eigenvalue weighted by Gasteiger charge is -2.20. The number of rotatable bonds is 8. The summed E-state index contributed by atoms with van der Waals surface area (Å²) >= 11 is 0. The monoisotopic (exact) mass is 530 g/mol. The van der Waals surface area contributed by atoms with Gasteiger partial charge in [-0.1, -0.05) is 12.1 Å². The summed E-state index contributed by atoms with van der Waals surface area (Å²) in [5, 5.41) is 6.21. The number of guanidine groups is 1. The molecular formula is C19H30F3IN4O2. The minimum Gasteiger partial charge on any atom is -0.488 e. The summed E-state index contributed by atoms with van der Waals surface area (Å²) in [6.07, 6.45) is -3.27. The van der Waals surface area contributed by atoms with Crippen molar-refractivity contribution in [2.45, 2.75) is 32.2 Å². The Morgan fingerprint density at radius 1 is 1.34 bits per heavy atom. The summed E-state index contributed by atoms with van der Waals surface area (Å²) in [5.74, 6) is 1.33. The molecule has 1 aromatic carbocycles. The number of ether oxygens (including phenoxy) is 2. The lowest BCUT2D eigenvalue weighted by atomic mass is 10.1. The number of halogens is 4. The van der Waals surface area contributed by atoms with Gasteiger partial charge in [-0.3, -0.25) is 9.89 Å². The third-order valence-corrected chi connectivity index (χ3v) is 4.31. The number of aryl methyl sites for hydroxylation is 1. The highest BCUT2D eigenvalue weighted by atomic mass is 127. The molecule has 1 aliphatic rings. The molecule has 0 radical (unpaired) electrons. The number of aliphatic imine (C=N–C) groups is 1. The highest BCUT2D eigenvalue weighted by Crippen LogP contribution is 2.23. The highest BCUT2D eigenvalue weighted by molar-refractivity contribution is 14.0. The molecule has 0 aliphatic carbocycles. The van der Waals surface area contributed by atoms with Crippen LogP contribution in [0.25, 0.3) is 0 Å². The largest absolute Gasteiger partial charge is 0.488 e. The molecule has 2 N–H and O–H groups in total. The van der Waals surface area contributed by atoms with E-state index in [0.717, 1.165) is 23.3 Å². The molecule has 0 saturated carbocycles. The average molecular weight is 530 g/mol. The SMILES string of the molecule is CN=C(NCCN(C)CC(F)(F)F)NCc1ccc(C)cc1OC1CCOC1.I. The first-order chi connectivity index (χ1) is 13.3. The van der Waals surface area contributed by atoms with E-state index >= 15 is 0 Å². The standard InChI is InChI=1S/C19H29F3N4O2.HI/c1-14-4-5-15(17(10-14)28-16-6-9-27-12-16)11-25-18(23-2)24-7-8-26(3)13-19(20,21)22;/h4-5,10,16H,6-9,11-13H2,1-3H3,(H2,23,24,25);1H. The van der Waals surface area contributed by atoms with Crippen LogP contribution in [0.5, 0.6) is 5.75 Å². The van der Waals surface area contributed by atoms with Crippen molar-refractivity contribution in [1.29, 1.82) is 0 Å². The zero-order valence-electron chi connectivity index (χ0n) is 17.0. The van der Waals surface area contributed by atoms with Gasteiger partial charge in [0.2, 0.25) is 0 Å². The van der Waals surface area contributed by atoms with E-state index in [9.17, 15) is 13.2 Å². The second-order valence-corrected chi connectivity index (χ2v) is 6.92. The normalized spacial score (nSPS) is 17.2. The Kier molecular flexibility index (Phi) is 11.0. The van der Waals surface area contributed by atoms with Gasteiger partial charge in [-0.05, 0) is 25.6 Å². The highest BCUT2D eigenvalue weighted by Gasteiger charge is 2.28. The van der Waals surface area contributed by atoms with Crippen molar-refractivity contribution in [1.82, 2.24) is 15.5 Å². The van der Waals surface area contributed by atoms with Crippen LogP contribution in [0.4, 0.5) is 13.2 Å². The maximum absolute atomic E-state index is 12.4. The van der Waals surface area contributed by atoms with E-state index in [1.807, 2.05) is 25.1 Å². The van der Waals surface area contributed by atoms with Crippen molar-refractivity contribution in [2.24, 2.45) is 4.99 Å². The van der Waals surface area contributed by atoms with Gasteiger partial charge in [0.1, 0.15) is 11.9 Å². The molecule has 0 amide bonds. The maximum Gasteiger partial charge on any atom is 0.401 e. The fourth-order valence-electron chi connectivity index (χ4n) is 2.85. The van der Waals surface area contributed by atoms with Crippen molar-refractivity contribution >= 4 is 29.9 Å². The molecule has 1 fully saturated rings. The van der Waals surface area contributed by atoms with Crippen molar-refractivity contribution in [2.75, 3.05) is 46.9 Å². The van der Waals surface area contributed by atoms with E-state index in [0.29, 0.717) is 32.3 Å². The Bertz CT molecular complexity index is 653. The Hall–Kier alpha value is -1.27. The average Bonchev–Trinajstić information content (AvgIpc) is 3.10. The minimum atomic E-state index is -4.19. The van der Waals surface area contributed by atoms with Crippen molar-refractivity contribution in [3.63, 3.8) is 0 Å². The van der Waals surface area contributed by atoms with Crippen LogP contribution >= 0.6 is 24.0 Å². The molecule has 1 aliphatic heterocycles. The van der Waals surface area contributed by atoms with Crippen LogP contribution in [0.15, 0.2) is 23.2 Å². The molecule has 10 heteroatoms. The lowest BCUT2D eigenvalue weighted by molar-refractivity contribution is -0.142.